The average molecular weight is 522 g/mol. The molecule has 0 heterocycles. The Morgan fingerprint density at radius 2 is 0.683 bits per heavy atom. The standard InChI is InChI=1S/C40H27N/c1-4-10-28(11-5-1)35-24-18-30-21-27-38-36(25-19-31-20-26-37(35)39(30)40(31)38)29-16-22-34(23-17-29)41(32-12-6-2-7-13-32)33-14-8-3-9-15-33/h1-27H. The summed E-state index contributed by atoms with van der Waals surface area (Å²) >= 11 is 0. The second-order valence-electron chi connectivity index (χ2n) is 10.6. The highest BCUT2D eigenvalue weighted by atomic mass is 15.1. The summed E-state index contributed by atoms with van der Waals surface area (Å²) in [5.74, 6) is 0. The van der Waals surface area contributed by atoms with E-state index in [1.54, 1.807) is 0 Å². The molecule has 0 aliphatic rings. The van der Waals surface area contributed by atoms with Crippen LogP contribution in [-0.2, 0) is 0 Å². The lowest BCUT2D eigenvalue weighted by atomic mass is 9.87. The SMILES string of the molecule is c1ccc(-c2ccc3ccc4c(-c5ccc(N(c6ccccc6)c6ccccc6)cc5)ccc5ccc2c3c54)cc1. The summed E-state index contributed by atoms with van der Waals surface area (Å²) in [6.45, 7) is 0. The van der Waals surface area contributed by atoms with Gasteiger partial charge < -0.3 is 4.90 Å². The van der Waals surface area contributed by atoms with Crippen LogP contribution in [0.2, 0.25) is 0 Å². The quantitative estimate of drug-likeness (QED) is 0.204. The summed E-state index contributed by atoms with van der Waals surface area (Å²) in [6, 6.07) is 59.1. The van der Waals surface area contributed by atoms with Crippen LogP contribution in [-0.4, -0.2) is 0 Å². The molecule has 0 amide bonds. The minimum absolute atomic E-state index is 1.14. The molecule has 0 saturated heterocycles. The maximum atomic E-state index is 2.30. The first-order chi connectivity index (χ1) is 20.3. The first-order valence-corrected chi connectivity index (χ1v) is 14.1. The van der Waals surface area contributed by atoms with Crippen LogP contribution in [0.1, 0.15) is 0 Å². The second-order valence-corrected chi connectivity index (χ2v) is 10.6. The maximum absolute atomic E-state index is 2.30. The van der Waals surface area contributed by atoms with Crippen LogP contribution in [0.15, 0.2) is 164 Å². The first kappa shape index (κ1) is 23.5. The van der Waals surface area contributed by atoms with Crippen LogP contribution in [0.25, 0.3) is 54.6 Å². The molecule has 0 fully saturated rings. The molecule has 0 aromatic heterocycles. The van der Waals surface area contributed by atoms with E-state index >= 15 is 0 Å². The Hall–Kier alpha value is -5.40. The Morgan fingerprint density at radius 3 is 1.17 bits per heavy atom. The predicted molar refractivity (Wildman–Crippen MR) is 176 cm³/mol. The molecule has 8 aromatic carbocycles. The van der Waals surface area contributed by atoms with Crippen LogP contribution in [0.3, 0.4) is 0 Å². The lowest BCUT2D eigenvalue weighted by Crippen LogP contribution is -2.09. The van der Waals surface area contributed by atoms with Crippen molar-refractivity contribution in [3.63, 3.8) is 0 Å². The predicted octanol–water partition coefficient (Wildman–Crippen LogP) is 11.4. The number of para-hydroxylation sites is 2. The Balaban J connectivity index is 1.28. The summed E-state index contributed by atoms with van der Waals surface area (Å²) in [5, 5.41) is 7.85. The highest BCUT2D eigenvalue weighted by Gasteiger charge is 2.16. The zero-order valence-corrected chi connectivity index (χ0v) is 22.5. The van der Waals surface area contributed by atoms with Crippen molar-refractivity contribution in [1.82, 2.24) is 0 Å². The van der Waals surface area contributed by atoms with E-state index in [9.17, 15) is 0 Å². The monoisotopic (exact) mass is 521 g/mol. The molecule has 1 nitrogen and oxygen atoms in total. The zero-order chi connectivity index (χ0) is 27.2. The van der Waals surface area contributed by atoms with Crippen LogP contribution in [0.4, 0.5) is 17.1 Å². The summed E-state index contributed by atoms with van der Waals surface area (Å²) in [7, 11) is 0. The average Bonchev–Trinajstić information content (AvgIpc) is 3.05. The normalized spacial score (nSPS) is 11.4. The fourth-order valence-corrected chi connectivity index (χ4v) is 6.31. The van der Waals surface area contributed by atoms with Gasteiger partial charge in [0.2, 0.25) is 0 Å². The van der Waals surface area contributed by atoms with E-state index in [0.29, 0.717) is 0 Å². The highest BCUT2D eigenvalue weighted by Crippen LogP contribution is 2.43. The summed E-state index contributed by atoms with van der Waals surface area (Å²) in [6.07, 6.45) is 0. The topological polar surface area (TPSA) is 3.24 Å². The highest BCUT2D eigenvalue weighted by molar-refractivity contribution is 6.27. The first-order valence-electron chi connectivity index (χ1n) is 14.1. The molecule has 0 spiro atoms. The van der Waals surface area contributed by atoms with Gasteiger partial charge in [0.25, 0.3) is 0 Å². The smallest absolute Gasteiger partial charge is 0.0462 e. The molecule has 0 N–H and O–H groups in total. The fraction of sp³-hybridized carbons (Fsp3) is 0. The van der Waals surface area contributed by atoms with Gasteiger partial charge in [0, 0.05) is 17.1 Å². The minimum atomic E-state index is 1.14. The molecule has 0 unspecified atom stereocenters. The van der Waals surface area contributed by atoms with Gasteiger partial charge in [-0.1, -0.05) is 127 Å². The third kappa shape index (κ3) is 3.94. The Bertz CT molecular complexity index is 2070. The van der Waals surface area contributed by atoms with E-state index in [1.807, 2.05) is 0 Å². The van der Waals surface area contributed by atoms with Gasteiger partial charge in [-0.15, -0.1) is 0 Å². The molecule has 0 aliphatic carbocycles. The number of nitrogens with zero attached hydrogens (tertiary/aromatic N) is 1. The van der Waals surface area contributed by atoms with Gasteiger partial charge in [-0.05, 0) is 91.0 Å². The van der Waals surface area contributed by atoms with Crippen molar-refractivity contribution in [2.75, 3.05) is 4.90 Å². The van der Waals surface area contributed by atoms with E-state index in [0.717, 1.165) is 17.1 Å². The molecule has 8 rings (SSSR count). The Labute approximate surface area is 239 Å². The van der Waals surface area contributed by atoms with Crippen LogP contribution in [0, 0.1) is 0 Å². The fourth-order valence-electron chi connectivity index (χ4n) is 6.31. The van der Waals surface area contributed by atoms with Gasteiger partial charge in [-0.25, -0.2) is 0 Å². The van der Waals surface area contributed by atoms with Gasteiger partial charge in [-0.2, -0.15) is 0 Å². The molecule has 0 radical (unpaired) electrons. The molecule has 1 heteroatoms. The van der Waals surface area contributed by atoms with Gasteiger partial charge >= 0.3 is 0 Å². The van der Waals surface area contributed by atoms with Crippen molar-refractivity contribution >= 4 is 49.4 Å². The van der Waals surface area contributed by atoms with E-state index in [1.165, 1.54) is 54.6 Å². The zero-order valence-electron chi connectivity index (χ0n) is 22.5. The van der Waals surface area contributed by atoms with Crippen molar-refractivity contribution in [2.45, 2.75) is 0 Å². The lowest BCUT2D eigenvalue weighted by Gasteiger charge is -2.25. The Morgan fingerprint density at radius 1 is 0.293 bits per heavy atom. The molecule has 0 bridgehead atoms. The molecule has 0 atom stereocenters. The molecule has 192 valence electrons. The minimum Gasteiger partial charge on any atom is -0.311 e. The van der Waals surface area contributed by atoms with Crippen molar-refractivity contribution in [1.29, 1.82) is 0 Å². The summed E-state index contributed by atoms with van der Waals surface area (Å²) in [4.78, 5) is 2.30. The summed E-state index contributed by atoms with van der Waals surface area (Å²) in [5.41, 5.74) is 8.43. The van der Waals surface area contributed by atoms with Gasteiger partial charge in [0.05, 0.1) is 0 Å². The number of hydrogen-bond donors (Lipinski definition) is 0. The molecular weight excluding hydrogens is 494 g/mol. The van der Waals surface area contributed by atoms with Crippen LogP contribution < -0.4 is 4.90 Å². The maximum Gasteiger partial charge on any atom is 0.0462 e. The second kappa shape index (κ2) is 9.66. The van der Waals surface area contributed by atoms with E-state index in [-0.39, 0.29) is 0 Å². The summed E-state index contributed by atoms with van der Waals surface area (Å²) < 4.78 is 0. The van der Waals surface area contributed by atoms with Gasteiger partial charge in [0.1, 0.15) is 0 Å². The van der Waals surface area contributed by atoms with Crippen molar-refractivity contribution in [3.8, 4) is 22.3 Å². The third-order valence-corrected chi connectivity index (χ3v) is 8.21. The molecular formula is C40H27N. The number of benzene rings is 8. The van der Waals surface area contributed by atoms with E-state index in [2.05, 4.69) is 169 Å². The van der Waals surface area contributed by atoms with Crippen molar-refractivity contribution in [3.05, 3.63) is 164 Å². The lowest BCUT2D eigenvalue weighted by molar-refractivity contribution is 1.28. The molecule has 8 aromatic rings. The molecule has 0 saturated carbocycles. The van der Waals surface area contributed by atoms with Crippen molar-refractivity contribution in [2.24, 2.45) is 0 Å². The van der Waals surface area contributed by atoms with Crippen LogP contribution in [0.5, 0.6) is 0 Å². The van der Waals surface area contributed by atoms with E-state index < -0.39 is 0 Å². The number of rotatable bonds is 5. The molecule has 0 aliphatic heterocycles. The molecule has 41 heavy (non-hydrogen) atoms. The number of hydrogen-bond acceptors (Lipinski definition) is 1. The van der Waals surface area contributed by atoms with Gasteiger partial charge in [-0.3, -0.25) is 0 Å². The number of anilines is 3. The third-order valence-electron chi connectivity index (χ3n) is 8.21. The Kier molecular flexibility index (Phi) is 5.53. The van der Waals surface area contributed by atoms with E-state index in [4.69, 9.17) is 0 Å². The largest absolute Gasteiger partial charge is 0.311 e. The van der Waals surface area contributed by atoms with Crippen LogP contribution >= 0.6 is 0 Å². The van der Waals surface area contributed by atoms with Crippen molar-refractivity contribution < 1.29 is 0 Å². The van der Waals surface area contributed by atoms with Gasteiger partial charge in [0.15, 0.2) is 0 Å².